The smallest absolute Gasteiger partial charge is 0.233 e. The Bertz CT molecular complexity index is 1530. The molecule has 0 N–H and O–H groups in total. The highest BCUT2D eigenvalue weighted by Gasteiger charge is 2.60. The zero-order valence-corrected chi connectivity index (χ0v) is 21.6. The molecule has 0 saturated carbocycles. The number of aromatic nitrogens is 2. The summed E-state index contributed by atoms with van der Waals surface area (Å²) >= 11 is 5.79. The van der Waals surface area contributed by atoms with Gasteiger partial charge in [0.05, 0.1) is 19.3 Å². The Labute approximate surface area is 215 Å². The Morgan fingerprint density at radius 1 is 0.686 bits per heavy atom. The van der Waals surface area contributed by atoms with Gasteiger partial charge in [0, 0.05) is 11.5 Å². The fraction of sp³-hybridized carbons (Fsp3) is 0.214. The Balaban J connectivity index is 1.26. The summed E-state index contributed by atoms with van der Waals surface area (Å²) in [5.41, 5.74) is 9.28. The van der Waals surface area contributed by atoms with Crippen molar-refractivity contribution in [1.82, 2.24) is 9.97 Å². The second-order valence-corrected chi connectivity index (χ2v) is 13.4. The third-order valence-electron chi connectivity index (χ3n) is 7.63. The van der Waals surface area contributed by atoms with Gasteiger partial charge in [0.15, 0.2) is 11.2 Å². The number of nitrogens with zero attached hydrogens (tertiary/aromatic N) is 2. The quantitative estimate of drug-likeness (QED) is 0.272. The predicted octanol–water partition coefficient (Wildman–Crippen LogP) is 7.72. The van der Waals surface area contributed by atoms with Crippen LogP contribution in [-0.4, -0.2) is 31.0 Å². The molecule has 0 radical (unpaired) electrons. The fourth-order valence-corrected chi connectivity index (χ4v) is 9.88. The predicted molar refractivity (Wildman–Crippen MR) is 147 cm³/mol. The van der Waals surface area contributed by atoms with E-state index in [2.05, 4.69) is 26.0 Å². The van der Waals surface area contributed by atoms with Crippen LogP contribution in [0.1, 0.15) is 25.6 Å². The number of hydrogen-bond acceptors (Lipinski definition) is 7. The van der Waals surface area contributed by atoms with Crippen LogP contribution in [0.2, 0.25) is 0 Å². The minimum atomic E-state index is -0.156. The molecule has 1 fully saturated rings. The summed E-state index contributed by atoms with van der Waals surface area (Å²) in [6, 6.07) is 16.0. The van der Waals surface area contributed by atoms with Crippen molar-refractivity contribution >= 4 is 67.3 Å². The van der Waals surface area contributed by atoms with E-state index in [1.165, 1.54) is 22.3 Å². The molecular formula is C28H20N2O2S3. The molecule has 4 aliphatic rings. The van der Waals surface area contributed by atoms with E-state index in [-0.39, 0.29) is 9.49 Å². The molecule has 0 amide bonds. The normalized spacial score (nSPS) is 27.5. The van der Waals surface area contributed by atoms with Crippen molar-refractivity contribution in [3.05, 3.63) is 94.8 Å². The van der Waals surface area contributed by atoms with Gasteiger partial charge < -0.3 is 8.83 Å². The molecule has 3 aliphatic heterocycles. The number of thioether (sulfide) groups is 3. The van der Waals surface area contributed by atoms with Gasteiger partial charge in [0.25, 0.3) is 0 Å². The molecule has 2 aromatic heterocycles. The van der Waals surface area contributed by atoms with Crippen LogP contribution in [0.15, 0.2) is 91.8 Å². The van der Waals surface area contributed by atoms with Crippen LogP contribution in [0.5, 0.6) is 0 Å². The molecule has 4 nitrogen and oxygen atoms in total. The zero-order valence-electron chi connectivity index (χ0n) is 19.1. The van der Waals surface area contributed by atoms with Crippen LogP contribution in [0.4, 0.5) is 0 Å². The maximum absolute atomic E-state index is 6.20. The third-order valence-corrected chi connectivity index (χ3v) is 11.8. The number of fused-ring (bicyclic) bond motifs is 6. The third kappa shape index (κ3) is 2.69. The van der Waals surface area contributed by atoms with E-state index in [0.29, 0.717) is 11.8 Å². The van der Waals surface area contributed by atoms with Crippen LogP contribution in [-0.2, 0) is 0 Å². The van der Waals surface area contributed by atoms with Crippen molar-refractivity contribution in [2.45, 2.75) is 23.3 Å². The van der Waals surface area contributed by atoms with E-state index in [9.17, 15) is 0 Å². The number of oxazole rings is 2. The molecule has 1 aliphatic carbocycles. The van der Waals surface area contributed by atoms with Crippen molar-refractivity contribution in [3.8, 4) is 0 Å². The molecule has 35 heavy (non-hydrogen) atoms. The van der Waals surface area contributed by atoms with E-state index in [1.54, 1.807) is 0 Å². The van der Waals surface area contributed by atoms with Gasteiger partial charge in [-0.1, -0.05) is 24.3 Å². The van der Waals surface area contributed by atoms with Crippen molar-refractivity contribution in [1.29, 1.82) is 0 Å². The summed E-state index contributed by atoms with van der Waals surface area (Å²) in [6.07, 6.45) is 4.69. The Kier molecular flexibility index (Phi) is 4.11. The first-order chi connectivity index (χ1) is 17.0. The van der Waals surface area contributed by atoms with Crippen molar-refractivity contribution in [2.75, 3.05) is 11.5 Å². The monoisotopic (exact) mass is 512 g/mol. The molecule has 172 valence electrons. The lowest BCUT2D eigenvalue weighted by molar-refractivity contribution is 0.587. The van der Waals surface area contributed by atoms with Gasteiger partial charge in [-0.15, -0.1) is 23.5 Å². The first-order valence-electron chi connectivity index (χ1n) is 11.6. The second kappa shape index (κ2) is 6.99. The molecule has 1 saturated heterocycles. The first-order valence-corrected chi connectivity index (χ1v) is 14.4. The van der Waals surface area contributed by atoms with Crippen LogP contribution in [0.3, 0.4) is 0 Å². The Morgan fingerprint density at radius 3 is 1.60 bits per heavy atom. The molecule has 2 aromatic carbocycles. The average Bonchev–Trinajstić information content (AvgIpc) is 3.65. The van der Waals surface area contributed by atoms with Gasteiger partial charge in [0.2, 0.25) is 11.8 Å². The summed E-state index contributed by atoms with van der Waals surface area (Å²) in [5.74, 6) is 3.53. The molecule has 4 aromatic rings. The minimum Gasteiger partial charge on any atom is -0.436 e. The molecule has 2 unspecified atom stereocenters. The molecule has 0 bridgehead atoms. The second-order valence-electron chi connectivity index (χ2n) is 9.54. The van der Waals surface area contributed by atoms with Gasteiger partial charge >= 0.3 is 0 Å². The van der Waals surface area contributed by atoms with Crippen molar-refractivity contribution in [2.24, 2.45) is 0 Å². The van der Waals surface area contributed by atoms with E-state index in [4.69, 9.17) is 18.8 Å². The van der Waals surface area contributed by atoms with Gasteiger partial charge in [-0.3, -0.25) is 0 Å². The number of benzene rings is 2. The van der Waals surface area contributed by atoms with Crippen LogP contribution in [0, 0.1) is 0 Å². The zero-order chi connectivity index (χ0) is 23.4. The summed E-state index contributed by atoms with van der Waals surface area (Å²) in [7, 11) is 0. The lowest BCUT2D eigenvalue weighted by Gasteiger charge is -2.46. The van der Waals surface area contributed by atoms with E-state index < -0.39 is 0 Å². The molecular weight excluding hydrogens is 493 g/mol. The Morgan fingerprint density at radius 2 is 1.14 bits per heavy atom. The highest BCUT2D eigenvalue weighted by molar-refractivity contribution is 8.14. The SMILES string of the molecule is CC12SC(c3nc4ccccc4o3)=CC1=C1CSCC1=C1C=C(c3nc4ccccc4o3)SC12C. The Hall–Kier alpha value is -2.61. The standard InChI is InChI=1S/C28H20N2O2S3/c1-27-17(11-23(34-27)25-29-19-7-3-5-9-21(19)31-25)15-13-33-14-16(15)18-12-24(35-28(18,27)2)26-30-20-8-4-6-10-22(20)32-26/h3-12H,13-14H2,1-2H3. The lowest BCUT2D eigenvalue weighted by Crippen LogP contribution is -2.47. The van der Waals surface area contributed by atoms with E-state index >= 15 is 0 Å². The van der Waals surface area contributed by atoms with Gasteiger partial charge in [-0.2, -0.15) is 11.8 Å². The topological polar surface area (TPSA) is 52.1 Å². The van der Waals surface area contributed by atoms with Gasteiger partial charge in [-0.05, 0) is 72.6 Å². The highest BCUT2D eigenvalue weighted by Crippen LogP contribution is 2.69. The number of allylic oxidation sites excluding steroid dienone is 2. The number of hydrogen-bond donors (Lipinski definition) is 0. The summed E-state index contributed by atoms with van der Waals surface area (Å²) in [5, 5.41) is 0. The van der Waals surface area contributed by atoms with Crippen LogP contribution in [0.25, 0.3) is 32.0 Å². The number of para-hydroxylation sites is 4. The highest BCUT2D eigenvalue weighted by atomic mass is 32.2. The van der Waals surface area contributed by atoms with E-state index in [0.717, 1.165) is 43.5 Å². The molecule has 7 heteroatoms. The summed E-state index contributed by atoms with van der Waals surface area (Å²) in [6.45, 7) is 4.78. The van der Waals surface area contributed by atoms with Crippen LogP contribution < -0.4 is 0 Å². The minimum absolute atomic E-state index is 0.156. The van der Waals surface area contributed by atoms with E-state index in [1.807, 2.05) is 83.8 Å². The summed E-state index contributed by atoms with van der Waals surface area (Å²) < 4.78 is 12.1. The van der Waals surface area contributed by atoms with Crippen LogP contribution >= 0.6 is 35.3 Å². The summed E-state index contributed by atoms with van der Waals surface area (Å²) in [4.78, 5) is 11.9. The number of rotatable bonds is 2. The molecule has 8 rings (SSSR count). The molecule has 5 heterocycles. The fourth-order valence-electron chi connectivity index (χ4n) is 5.68. The average molecular weight is 513 g/mol. The largest absolute Gasteiger partial charge is 0.436 e. The van der Waals surface area contributed by atoms with Gasteiger partial charge in [0.1, 0.15) is 11.0 Å². The first kappa shape index (κ1) is 20.6. The van der Waals surface area contributed by atoms with Crippen molar-refractivity contribution in [3.63, 3.8) is 0 Å². The molecule has 2 atom stereocenters. The van der Waals surface area contributed by atoms with Gasteiger partial charge in [-0.25, -0.2) is 9.97 Å². The lowest BCUT2D eigenvalue weighted by atomic mass is 9.72. The molecule has 0 spiro atoms. The maximum atomic E-state index is 6.20. The van der Waals surface area contributed by atoms with Crippen molar-refractivity contribution < 1.29 is 8.83 Å². The maximum Gasteiger partial charge on any atom is 0.233 e.